The molecule has 0 spiro atoms. The maximum Gasteiger partial charge on any atom is 0.205 e. The van der Waals surface area contributed by atoms with Crippen LogP contribution in [0.15, 0.2) is 41.9 Å². The van der Waals surface area contributed by atoms with Gasteiger partial charge in [0.25, 0.3) is 0 Å². The fraction of sp³-hybridized carbons (Fsp3) is 0.250. The number of benzene rings is 1. The normalized spacial score (nSPS) is 32.6. The van der Waals surface area contributed by atoms with Gasteiger partial charge in [-0.1, -0.05) is 30.8 Å². The Morgan fingerprint density at radius 1 is 1.50 bits per heavy atom. The van der Waals surface area contributed by atoms with E-state index in [0.29, 0.717) is 0 Å². The summed E-state index contributed by atoms with van der Waals surface area (Å²) in [6.07, 6.45) is 1.83. The second-order valence-corrected chi connectivity index (χ2v) is 3.74. The van der Waals surface area contributed by atoms with Crippen LogP contribution in [0.3, 0.4) is 0 Å². The van der Waals surface area contributed by atoms with E-state index in [9.17, 15) is 0 Å². The van der Waals surface area contributed by atoms with E-state index in [4.69, 9.17) is 4.74 Å². The van der Waals surface area contributed by atoms with Crippen LogP contribution in [-0.4, -0.2) is 5.71 Å². The summed E-state index contributed by atoms with van der Waals surface area (Å²) in [5.74, 6) is 0. The first-order valence-electron chi connectivity index (χ1n) is 4.74. The lowest BCUT2D eigenvalue weighted by Crippen LogP contribution is -2.17. The van der Waals surface area contributed by atoms with Gasteiger partial charge in [0.05, 0.1) is 0 Å². The van der Waals surface area contributed by atoms with Crippen LogP contribution in [0.4, 0.5) is 0 Å². The third kappa shape index (κ3) is 0.727. The van der Waals surface area contributed by atoms with Gasteiger partial charge < -0.3 is 4.74 Å². The first-order valence-corrected chi connectivity index (χ1v) is 4.74. The molecule has 2 aliphatic heterocycles. The van der Waals surface area contributed by atoms with E-state index in [1.807, 2.05) is 19.1 Å². The Kier molecular flexibility index (Phi) is 1.33. The molecule has 2 aliphatic rings. The highest BCUT2D eigenvalue weighted by molar-refractivity contribution is 5.92. The molecular formula is C12H11NO. The molecule has 70 valence electrons. The highest BCUT2D eigenvalue weighted by atomic mass is 16.5. The Bertz CT molecular complexity index is 449. The maximum atomic E-state index is 5.87. The number of fused-ring (bicyclic) bond motifs is 5. The number of hydrogen-bond acceptors (Lipinski definition) is 2. The summed E-state index contributed by atoms with van der Waals surface area (Å²) in [5.41, 5.74) is 2.83. The summed E-state index contributed by atoms with van der Waals surface area (Å²) in [4.78, 5) is 4.52. The van der Waals surface area contributed by atoms with Crippen molar-refractivity contribution in [2.75, 3.05) is 0 Å². The highest BCUT2D eigenvalue weighted by Crippen LogP contribution is 2.50. The van der Waals surface area contributed by atoms with Gasteiger partial charge in [-0.15, -0.1) is 0 Å². The Hall–Kier alpha value is -1.41. The molecule has 1 aromatic carbocycles. The first kappa shape index (κ1) is 7.94. The number of ether oxygens (including phenoxy) is 1. The highest BCUT2D eigenvalue weighted by Gasteiger charge is 2.48. The van der Waals surface area contributed by atoms with Crippen LogP contribution in [0.5, 0.6) is 0 Å². The van der Waals surface area contributed by atoms with Crippen LogP contribution in [0.2, 0.25) is 0 Å². The van der Waals surface area contributed by atoms with E-state index in [2.05, 4.69) is 23.7 Å². The van der Waals surface area contributed by atoms with Gasteiger partial charge in [-0.2, -0.15) is 0 Å². The Morgan fingerprint density at radius 2 is 2.29 bits per heavy atom. The van der Waals surface area contributed by atoms with Crippen molar-refractivity contribution in [1.29, 1.82) is 0 Å². The average molecular weight is 185 g/mol. The molecule has 0 N–H and O–H groups in total. The van der Waals surface area contributed by atoms with Crippen molar-refractivity contribution in [1.82, 2.24) is 0 Å². The van der Waals surface area contributed by atoms with Crippen LogP contribution >= 0.6 is 0 Å². The monoisotopic (exact) mass is 185 g/mol. The zero-order valence-corrected chi connectivity index (χ0v) is 8.03. The Labute approximate surface area is 82.9 Å². The Morgan fingerprint density at radius 3 is 3.07 bits per heavy atom. The summed E-state index contributed by atoms with van der Waals surface area (Å²) in [6.45, 7) is 5.82. The van der Waals surface area contributed by atoms with E-state index < -0.39 is 5.72 Å². The van der Waals surface area contributed by atoms with E-state index in [-0.39, 0.29) is 6.10 Å². The molecule has 3 rings (SSSR count). The number of nitrogens with zero attached hydrogens (tertiary/aromatic N) is 1. The molecular weight excluding hydrogens is 174 g/mol. The van der Waals surface area contributed by atoms with Gasteiger partial charge in [0, 0.05) is 11.3 Å². The fourth-order valence-electron chi connectivity index (χ4n) is 2.28. The topological polar surface area (TPSA) is 21.6 Å². The minimum Gasteiger partial charge on any atom is -0.332 e. The molecule has 0 fully saturated rings. The van der Waals surface area contributed by atoms with Crippen LogP contribution in [0, 0.1) is 0 Å². The molecule has 2 atom stereocenters. The molecule has 0 unspecified atom stereocenters. The van der Waals surface area contributed by atoms with Crippen molar-refractivity contribution < 1.29 is 4.74 Å². The number of aliphatic imine (C=N–C) groups is 1. The van der Waals surface area contributed by atoms with Gasteiger partial charge in [-0.25, -0.2) is 4.99 Å². The summed E-state index contributed by atoms with van der Waals surface area (Å²) in [6, 6.07) is 8.21. The predicted octanol–water partition coefficient (Wildman–Crippen LogP) is 2.57. The predicted molar refractivity (Wildman–Crippen MR) is 55.3 cm³/mol. The van der Waals surface area contributed by atoms with Gasteiger partial charge in [-0.3, -0.25) is 0 Å². The van der Waals surface area contributed by atoms with Gasteiger partial charge in [-0.05, 0) is 18.6 Å². The molecule has 2 heterocycles. The molecule has 2 bridgehead atoms. The molecule has 0 radical (unpaired) electrons. The largest absolute Gasteiger partial charge is 0.332 e. The first-order chi connectivity index (χ1) is 6.77. The SMILES string of the molecule is C=C[C@@]12N=C(C)[C@@H](O1)c1ccccc12. The summed E-state index contributed by atoms with van der Waals surface area (Å²) in [7, 11) is 0. The second-order valence-electron chi connectivity index (χ2n) is 3.74. The van der Waals surface area contributed by atoms with E-state index in [1.54, 1.807) is 6.08 Å². The van der Waals surface area contributed by atoms with E-state index >= 15 is 0 Å². The van der Waals surface area contributed by atoms with Crippen LogP contribution in [0.25, 0.3) is 0 Å². The summed E-state index contributed by atoms with van der Waals surface area (Å²) in [5, 5.41) is 0. The second kappa shape index (κ2) is 2.34. The minimum atomic E-state index is -0.592. The smallest absolute Gasteiger partial charge is 0.205 e. The van der Waals surface area contributed by atoms with Gasteiger partial charge in [0.1, 0.15) is 6.10 Å². The van der Waals surface area contributed by atoms with Crippen molar-refractivity contribution in [3.63, 3.8) is 0 Å². The lowest BCUT2D eigenvalue weighted by atomic mass is 9.94. The maximum absolute atomic E-state index is 5.87. The molecule has 0 aromatic heterocycles. The zero-order valence-electron chi connectivity index (χ0n) is 8.03. The molecule has 0 saturated carbocycles. The third-order valence-corrected chi connectivity index (χ3v) is 2.93. The average Bonchev–Trinajstić information content (AvgIpc) is 2.72. The summed E-state index contributed by atoms with van der Waals surface area (Å²) < 4.78 is 5.87. The van der Waals surface area contributed by atoms with E-state index in [0.717, 1.165) is 11.3 Å². The number of hydrogen-bond donors (Lipinski definition) is 0. The molecule has 2 nitrogen and oxygen atoms in total. The van der Waals surface area contributed by atoms with E-state index in [1.165, 1.54) is 5.56 Å². The third-order valence-electron chi connectivity index (χ3n) is 2.93. The number of rotatable bonds is 1. The Balaban J connectivity index is 2.30. The standard InChI is InChI=1S/C12H11NO/c1-3-12-10-7-5-4-6-9(10)11(14-12)8(2)13-12/h3-7,11H,1H2,2H3/t11-,12-/m1/s1. The molecule has 0 amide bonds. The van der Waals surface area contributed by atoms with Gasteiger partial charge >= 0.3 is 0 Å². The fourth-order valence-corrected chi connectivity index (χ4v) is 2.28. The van der Waals surface area contributed by atoms with Crippen LogP contribution in [-0.2, 0) is 10.5 Å². The summed E-state index contributed by atoms with van der Waals surface area (Å²) >= 11 is 0. The molecule has 2 heteroatoms. The molecule has 0 saturated heterocycles. The lowest BCUT2D eigenvalue weighted by Gasteiger charge is -2.18. The van der Waals surface area contributed by atoms with Crippen molar-refractivity contribution >= 4 is 5.71 Å². The molecule has 0 aliphatic carbocycles. The zero-order chi connectivity index (χ0) is 9.76. The lowest BCUT2D eigenvalue weighted by molar-refractivity contribution is 0.0150. The van der Waals surface area contributed by atoms with Crippen molar-refractivity contribution in [2.24, 2.45) is 4.99 Å². The van der Waals surface area contributed by atoms with Crippen molar-refractivity contribution in [3.8, 4) is 0 Å². The molecule has 1 aromatic rings. The minimum absolute atomic E-state index is 0.0456. The van der Waals surface area contributed by atoms with Crippen LogP contribution < -0.4 is 0 Å². The molecule has 14 heavy (non-hydrogen) atoms. The van der Waals surface area contributed by atoms with Gasteiger partial charge in [0.2, 0.25) is 5.72 Å². The van der Waals surface area contributed by atoms with Crippen LogP contribution in [0.1, 0.15) is 24.2 Å². The quantitative estimate of drug-likeness (QED) is 0.616. The van der Waals surface area contributed by atoms with Crippen molar-refractivity contribution in [2.45, 2.75) is 18.8 Å². The van der Waals surface area contributed by atoms with Crippen molar-refractivity contribution in [3.05, 3.63) is 48.0 Å². The van der Waals surface area contributed by atoms with Gasteiger partial charge in [0.15, 0.2) is 0 Å².